The number of hydrogen-bond donors (Lipinski definition) is 2. The summed E-state index contributed by atoms with van der Waals surface area (Å²) in [4.78, 5) is 2.81. The Morgan fingerprint density at radius 3 is 2.71 bits per heavy atom. The van der Waals surface area contributed by atoms with E-state index in [0.29, 0.717) is 17.4 Å². The molecule has 3 atom stereocenters. The molecule has 0 saturated heterocycles. The van der Waals surface area contributed by atoms with E-state index in [1.807, 2.05) is 0 Å². The van der Waals surface area contributed by atoms with Gasteiger partial charge in [0.1, 0.15) is 0 Å². The van der Waals surface area contributed by atoms with Crippen LogP contribution in [0.5, 0.6) is 0 Å². The number of nitrogens with one attached hydrogen (secondary N) is 2. The minimum atomic E-state index is -3.67. The summed E-state index contributed by atoms with van der Waals surface area (Å²) in [5, 5.41) is 0.0429. The number of H-pyrrole nitrogens is 1. The summed E-state index contributed by atoms with van der Waals surface area (Å²) < 4.78 is 51.5. The van der Waals surface area contributed by atoms with Gasteiger partial charge < -0.3 is 4.98 Å². The second-order valence-electron chi connectivity index (χ2n) is 6.43. The molecule has 0 aromatic carbocycles. The highest BCUT2D eigenvalue weighted by Gasteiger charge is 2.42. The lowest BCUT2D eigenvalue weighted by Crippen LogP contribution is -2.38. The van der Waals surface area contributed by atoms with E-state index >= 15 is 0 Å². The molecular weight excluding hydrogens is 312 g/mol. The number of fused-ring (bicyclic) bond motifs is 3. The highest BCUT2D eigenvalue weighted by atomic mass is 32.2. The van der Waals surface area contributed by atoms with Crippen molar-refractivity contribution in [1.82, 2.24) is 9.71 Å². The van der Waals surface area contributed by atoms with E-state index in [1.165, 1.54) is 12.6 Å². The quantitative estimate of drug-likeness (QED) is 0.857. The maximum Gasteiger partial charge on any atom is 0.256 e. The van der Waals surface area contributed by atoms with Crippen molar-refractivity contribution in [3.05, 3.63) is 11.8 Å². The molecule has 0 amide bonds. The molecule has 2 N–H and O–H groups in total. The number of rotatable bonds is 3. The summed E-state index contributed by atoms with van der Waals surface area (Å²) in [6.45, 7) is 0. The van der Waals surface area contributed by atoms with Crippen molar-refractivity contribution in [1.29, 1.82) is 0 Å². The molecule has 2 fully saturated rings. The molecule has 2 saturated carbocycles. The van der Waals surface area contributed by atoms with E-state index in [2.05, 4.69) is 9.71 Å². The Morgan fingerprint density at radius 2 is 2.05 bits per heavy atom. The largest absolute Gasteiger partial charge is 0.350 e. The normalized spacial score (nSPS) is 33.4. The monoisotopic (exact) mass is 330 g/mol. The van der Waals surface area contributed by atoms with Crippen LogP contribution in [0.1, 0.15) is 31.2 Å². The van der Waals surface area contributed by atoms with Gasteiger partial charge in [0.25, 0.3) is 10.0 Å². The third-order valence-electron chi connectivity index (χ3n) is 5.18. The van der Waals surface area contributed by atoms with Gasteiger partial charge >= 0.3 is 0 Å². The van der Waals surface area contributed by atoms with Gasteiger partial charge in [0, 0.05) is 17.8 Å². The van der Waals surface area contributed by atoms with Crippen LogP contribution in [-0.4, -0.2) is 33.6 Å². The van der Waals surface area contributed by atoms with Crippen LogP contribution in [0.3, 0.4) is 0 Å². The van der Waals surface area contributed by atoms with Crippen LogP contribution in [0, 0.1) is 11.8 Å². The van der Waals surface area contributed by atoms with E-state index in [9.17, 15) is 16.8 Å². The standard InChI is InChI=1S/C13H18N2O4S2/c16-20(17)4-3-10-12(20)7-14-13(10)21(18,19)15-11-6-8-1-2-9(11)5-8/h7-9,11,14-15H,1-6H2/t8-,9+,11-/m0/s1. The third-order valence-corrected chi connectivity index (χ3v) is 8.47. The molecule has 0 radical (unpaired) electrons. The maximum atomic E-state index is 12.6. The van der Waals surface area contributed by atoms with E-state index in [-0.39, 0.29) is 28.1 Å². The van der Waals surface area contributed by atoms with Gasteiger partial charge in [0.2, 0.25) is 0 Å². The van der Waals surface area contributed by atoms with Gasteiger partial charge in [-0.3, -0.25) is 0 Å². The fourth-order valence-electron chi connectivity index (χ4n) is 4.16. The summed E-state index contributed by atoms with van der Waals surface area (Å²) in [6, 6.07) is 0.00529. The summed E-state index contributed by atoms with van der Waals surface area (Å²) >= 11 is 0. The number of aromatic amines is 1. The average Bonchev–Trinajstić information content (AvgIpc) is 3.12. The first-order valence-electron chi connectivity index (χ1n) is 7.32. The van der Waals surface area contributed by atoms with E-state index < -0.39 is 19.9 Å². The van der Waals surface area contributed by atoms with Gasteiger partial charge in [-0.15, -0.1) is 0 Å². The highest BCUT2D eigenvalue weighted by molar-refractivity contribution is 7.92. The average molecular weight is 330 g/mol. The second kappa shape index (κ2) is 4.33. The molecule has 4 rings (SSSR count). The van der Waals surface area contributed by atoms with Gasteiger partial charge in [0.15, 0.2) is 14.9 Å². The van der Waals surface area contributed by atoms with Gasteiger partial charge in [-0.05, 0) is 37.5 Å². The lowest BCUT2D eigenvalue weighted by molar-refractivity contribution is 0.390. The molecule has 6 nitrogen and oxygen atoms in total. The van der Waals surface area contributed by atoms with Crippen LogP contribution in [0.2, 0.25) is 0 Å². The molecule has 2 heterocycles. The van der Waals surface area contributed by atoms with Crippen LogP contribution >= 0.6 is 0 Å². The van der Waals surface area contributed by atoms with Gasteiger partial charge in [-0.1, -0.05) is 6.42 Å². The predicted molar refractivity (Wildman–Crippen MR) is 76.1 cm³/mol. The van der Waals surface area contributed by atoms with Gasteiger partial charge in [-0.25, -0.2) is 21.6 Å². The van der Waals surface area contributed by atoms with Crippen LogP contribution < -0.4 is 4.72 Å². The minimum Gasteiger partial charge on any atom is -0.350 e. The molecule has 1 aromatic rings. The van der Waals surface area contributed by atoms with E-state index in [4.69, 9.17) is 0 Å². The Kier molecular flexibility index (Phi) is 2.84. The van der Waals surface area contributed by atoms with Gasteiger partial charge in [-0.2, -0.15) is 0 Å². The molecule has 1 aliphatic heterocycles. The fourth-order valence-corrected chi connectivity index (χ4v) is 7.30. The predicted octanol–water partition coefficient (Wildman–Crippen LogP) is 0.811. The van der Waals surface area contributed by atoms with Crippen LogP contribution in [0.25, 0.3) is 0 Å². The summed E-state index contributed by atoms with van der Waals surface area (Å²) in [7, 11) is -6.97. The molecule has 3 aliphatic rings. The lowest BCUT2D eigenvalue weighted by Gasteiger charge is -2.22. The van der Waals surface area contributed by atoms with Crippen LogP contribution in [-0.2, 0) is 26.3 Å². The third kappa shape index (κ3) is 2.07. The molecular formula is C13H18N2O4S2. The van der Waals surface area contributed by atoms with Crippen molar-refractivity contribution >= 4 is 19.9 Å². The van der Waals surface area contributed by atoms with Gasteiger partial charge in [0.05, 0.1) is 10.6 Å². The molecule has 2 bridgehead atoms. The Labute approximate surface area is 124 Å². The van der Waals surface area contributed by atoms with Crippen molar-refractivity contribution in [2.24, 2.45) is 11.8 Å². The fraction of sp³-hybridized carbons (Fsp3) is 0.692. The Morgan fingerprint density at radius 1 is 1.24 bits per heavy atom. The highest BCUT2D eigenvalue weighted by Crippen LogP contribution is 2.45. The molecule has 116 valence electrons. The number of sulfone groups is 1. The maximum absolute atomic E-state index is 12.6. The van der Waals surface area contributed by atoms with Crippen LogP contribution in [0.4, 0.5) is 0 Å². The molecule has 21 heavy (non-hydrogen) atoms. The van der Waals surface area contributed by atoms with Crippen molar-refractivity contribution in [2.45, 2.75) is 48.1 Å². The van der Waals surface area contributed by atoms with E-state index in [0.717, 1.165) is 19.3 Å². The second-order valence-corrected chi connectivity index (χ2v) is 10.2. The van der Waals surface area contributed by atoms with E-state index in [1.54, 1.807) is 0 Å². The Bertz CT molecular complexity index is 794. The zero-order chi connectivity index (χ0) is 14.8. The number of hydrogen-bond acceptors (Lipinski definition) is 4. The Hall–Kier alpha value is -0.860. The first-order chi connectivity index (χ1) is 9.87. The first kappa shape index (κ1) is 13.8. The number of aromatic nitrogens is 1. The summed E-state index contributed by atoms with van der Waals surface area (Å²) in [6.07, 6.45) is 5.91. The molecule has 1 aromatic heterocycles. The molecule has 0 unspecified atom stereocenters. The molecule has 8 heteroatoms. The van der Waals surface area contributed by atoms with Crippen molar-refractivity contribution < 1.29 is 16.8 Å². The van der Waals surface area contributed by atoms with Crippen molar-refractivity contribution in [3.8, 4) is 0 Å². The minimum absolute atomic E-state index is 0.00297. The summed E-state index contributed by atoms with van der Waals surface area (Å²) in [5.41, 5.74) is 0.422. The van der Waals surface area contributed by atoms with Crippen LogP contribution in [0.15, 0.2) is 16.1 Å². The molecule has 0 spiro atoms. The Balaban J connectivity index is 1.64. The van der Waals surface area contributed by atoms with Crippen molar-refractivity contribution in [2.75, 3.05) is 5.75 Å². The van der Waals surface area contributed by atoms with Crippen molar-refractivity contribution in [3.63, 3.8) is 0 Å². The smallest absolute Gasteiger partial charge is 0.256 e. The number of sulfonamides is 1. The zero-order valence-corrected chi connectivity index (χ0v) is 13.1. The summed E-state index contributed by atoms with van der Waals surface area (Å²) in [5.74, 6) is 1.09. The SMILES string of the molecule is O=S1(=O)CCc2c1c[nH]c2S(=O)(=O)N[C@H]1C[C@H]2CC[C@@H]1C2. The first-order valence-corrected chi connectivity index (χ1v) is 10.5. The molecule has 2 aliphatic carbocycles. The topological polar surface area (TPSA) is 96.1 Å². The zero-order valence-electron chi connectivity index (χ0n) is 11.5. The lowest BCUT2D eigenvalue weighted by atomic mass is 9.96.